The minimum Gasteiger partial charge on any atom is -0.467 e. The molecule has 2 aliphatic heterocycles. The number of furan rings is 1. The molecule has 1 aromatic heterocycles. The number of morpholine rings is 1. The average Bonchev–Trinajstić information content (AvgIpc) is 3.33. The van der Waals surface area contributed by atoms with Gasteiger partial charge >= 0.3 is 0 Å². The first-order valence-corrected chi connectivity index (χ1v) is 9.78. The zero-order valence-corrected chi connectivity index (χ0v) is 15.7. The molecule has 0 bridgehead atoms. The monoisotopic (exact) mass is 369 g/mol. The molecule has 1 saturated heterocycles. The zero-order valence-electron chi connectivity index (χ0n) is 15.7. The SMILES string of the molecule is O=C(NCCCN1CCc2ccccc21)c1coc(CN2CCOCC2)c1. The van der Waals surface area contributed by atoms with E-state index in [4.69, 9.17) is 9.15 Å². The van der Waals surface area contributed by atoms with Crippen LogP contribution in [0.4, 0.5) is 5.69 Å². The lowest BCUT2D eigenvalue weighted by Crippen LogP contribution is -2.35. The molecule has 0 spiro atoms. The van der Waals surface area contributed by atoms with E-state index in [0.717, 1.165) is 64.5 Å². The molecule has 0 aliphatic carbocycles. The molecule has 0 atom stereocenters. The second-order valence-corrected chi connectivity index (χ2v) is 7.17. The largest absolute Gasteiger partial charge is 0.467 e. The quantitative estimate of drug-likeness (QED) is 0.759. The minimum absolute atomic E-state index is 0.0613. The van der Waals surface area contributed by atoms with Crippen molar-refractivity contribution in [2.45, 2.75) is 19.4 Å². The Bertz CT molecular complexity index is 768. The summed E-state index contributed by atoms with van der Waals surface area (Å²) in [5.74, 6) is 0.768. The van der Waals surface area contributed by atoms with Gasteiger partial charge in [-0.3, -0.25) is 9.69 Å². The van der Waals surface area contributed by atoms with Crippen LogP contribution in [0.2, 0.25) is 0 Å². The van der Waals surface area contributed by atoms with Crippen LogP contribution >= 0.6 is 0 Å². The van der Waals surface area contributed by atoms with Crippen molar-refractivity contribution >= 4 is 11.6 Å². The van der Waals surface area contributed by atoms with E-state index >= 15 is 0 Å². The molecule has 2 aromatic rings. The summed E-state index contributed by atoms with van der Waals surface area (Å²) in [7, 11) is 0. The highest BCUT2D eigenvalue weighted by atomic mass is 16.5. The molecular formula is C21H27N3O3. The van der Waals surface area contributed by atoms with Crippen molar-refractivity contribution in [1.82, 2.24) is 10.2 Å². The molecule has 1 amide bonds. The molecule has 4 rings (SSSR count). The summed E-state index contributed by atoms with van der Waals surface area (Å²) in [6.07, 6.45) is 3.60. The van der Waals surface area contributed by atoms with E-state index in [1.54, 1.807) is 6.26 Å². The molecule has 1 aromatic carbocycles. The first-order chi connectivity index (χ1) is 13.3. The number of nitrogens with one attached hydrogen (secondary N) is 1. The van der Waals surface area contributed by atoms with Crippen LogP contribution in [0.1, 0.15) is 28.1 Å². The van der Waals surface area contributed by atoms with Gasteiger partial charge in [0.25, 0.3) is 5.91 Å². The summed E-state index contributed by atoms with van der Waals surface area (Å²) < 4.78 is 10.9. The van der Waals surface area contributed by atoms with Gasteiger partial charge in [0.15, 0.2) is 0 Å². The van der Waals surface area contributed by atoms with Crippen LogP contribution in [-0.2, 0) is 17.7 Å². The molecule has 27 heavy (non-hydrogen) atoms. The summed E-state index contributed by atoms with van der Waals surface area (Å²) in [4.78, 5) is 17.0. The Hall–Kier alpha value is -2.31. The van der Waals surface area contributed by atoms with Gasteiger partial charge in [0.2, 0.25) is 0 Å². The van der Waals surface area contributed by atoms with Gasteiger partial charge < -0.3 is 19.4 Å². The Morgan fingerprint density at radius 3 is 2.89 bits per heavy atom. The third-order valence-corrected chi connectivity index (χ3v) is 5.27. The number of rotatable bonds is 7. The van der Waals surface area contributed by atoms with E-state index in [1.165, 1.54) is 11.3 Å². The highest BCUT2D eigenvalue weighted by Crippen LogP contribution is 2.27. The Morgan fingerprint density at radius 2 is 2.00 bits per heavy atom. The topological polar surface area (TPSA) is 58.0 Å². The van der Waals surface area contributed by atoms with Gasteiger partial charge in [0, 0.05) is 38.4 Å². The van der Waals surface area contributed by atoms with E-state index in [-0.39, 0.29) is 5.91 Å². The Kier molecular flexibility index (Phi) is 5.75. The summed E-state index contributed by atoms with van der Waals surface area (Å²) in [6.45, 7) is 6.76. The fraction of sp³-hybridized carbons (Fsp3) is 0.476. The predicted octanol–water partition coefficient (Wildman–Crippen LogP) is 2.29. The molecule has 6 heteroatoms. The van der Waals surface area contributed by atoms with Gasteiger partial charge in [-0.2, -0.15) is 0 Å². The minimum atomic E-state index is -0.0613. The molecular weight excluding hydrogens is 342 g/mol. The van der Waals surface area contributed by atoms with Crippen LogP contribution in [0.3, 0.4) is 0 Å². The van der Waals surface area contributed by atoms with E-state index < -0.39 is 0 Å². The van der Waals surface area contributed by atoms with E-state index in [1.807, 2.05) is 6.07 Å². The van der Waals surface area contributed by atoms with Gasteiger partial charge in [-0.25, -0.2) is 0 Å². The molecule has 6 nitrogen and oxygen atoms in total. The second kappa shape index (κ2) is 8.59. The maximum absolute atomic E-state index is 12.3. The van der Waals surface area contributed by atoms with Crippen molar-refractivity contribution in [2.75, 3.05) is 50.8 Å². The molecule has 2 aliphatic rings. The first-order valence-electron chi connectivity index (χ1n) is 9.78. The molecule has 3 heterocycles. The molecule has 1 fully saturated rings. The average molecular weight is 369 g/mol. The lowest BCUT2D eigenvalue weighted by atomic mass is 10.2. The van der Waals surface area contributed by atoms with E-state index in [0.29, 0.717) is 12.1 Å². The number of carbonyl (C=O) groups is 1. The van der Waals surface area contributed by atoms with Crippen LogP contribution in [0, 0.1) is 0 Å². The van der Waals surface area contributed by atoms with Crippen molar-refractivity contribution in [3.05, 3.63) is 53.5 Å². The number of carbonyl (C=O) groups excluding carboxylic acids is 1. The van der Waals surface area contributed by atoms with Crippen molar-refractivity contribution in [2.24, 2.45) is 0 Å². The number of para-hydroxylation sites is 1. The second-order valence-electron chi connectivity index (χ2n) is 7.17. The highest BCUT2D eigenvalue weighted by molar-refractivity contribution is 5.93. The third kappa shape index (κ3) is 4.51. The fourth-order valence-electron chi connectivity index (χ4n) is 3.78. The van der Waals surface area contributed by atoms with Gasteiger partial charge in [0.1, 0.15) is 12.0 Å². The number of ether oxygens (including phenoxy) is 1. The molecule has 0 saturated carbocycles. The number of nitrogens with zero attached hydrogens (tertiary/aromatic N) is 2. The first kappa shape index (κ1) is 18.1. The third-order valence-electron chi connectivity index (χ3n) is 5.27. The maximum Gasteiger partial charge on any atom is 0.254 e. The normalized spacial score (nSPS) is 17.1. The molecule has 0 unspecified atom stereocenters. The zero-order chi connectivity index (χ0) is 18.5. The Morgan fingerprint density at radius 1 is 1.15 bits per heavy atom. The van der Waals surface area contributed by atoms with Crippen molar-refractivity contribution < 1.29 is 13.9 Å². The maximum atomic E-state index is 12.3. The smallest absolute Gasteiger partial charge is 0.254 e. The summed E-state index contributed by atoms with van der Waals surface area (Å²) >= 11 is 0. The lowest BCUT2D eigenvalue weighted by Gasteiger charge is -2.25. The Labute approximate surface area is 160 Å². The molecule has 1 N–H and O–H groups in total. The van der Waals surface area contributed by atoms with Gasteiger partial charge in [-0.15, -0.1) is 0 Å². The van der Waals surface area contributed by atoms with Crippen LogP contribution in [0.25, 0.3) is 0 Å². The number of benzene rings is 1. The van der Waals surface area contributed by atoms with Crippen molar-refractivity contribution in [3.63, 3.8) is 0 Å². The van der Waals surface area contributed by atoms with E-state index in [2.05, 4.69) is 39.4 Å². The summed E-state index contributed by atoms with van der Waals surface area (Å²) in [5.41, 5.74) is 3.36. The van der Waals surface area contributed by atoms with E-state index in [9.17, 15) is 4.79 Å². The fourth-order valence-corrected chi connectivity index (χ4v) is 3.78. The van der Waals surface area contributed by atoms with Crippen LogP contribution < -0.4 is 10.2 Å². The van der Waals surface area contributed by atoms with Crippen LogP contribution in [0.5, 0.6) is 0 Å². The summed E-state index contributed by atoms with van der Waals surface area (Å²) in [6, 6.07) is 10.4. The summed E-state index contributed by atoms with van der Waals surface area (Å²) in [5, 5.41) is 3.00. The van der Waals surface area contributed by atoms with Gasteiger partial charge in [-0.05, 0) is 30.5 Å². The molecule has 0 radical (unpaired) electrons. The highest BCUT2D eigenvalue weighted by Gasteiger charge is 2.18. The number of fused-ring (bicyclic) bond motifs is 1. The lowest BCUT2D eigenvalue weighted by molar-refractivity contribution is 0.0313. The van der Waals surface area contributed by atoms with Gasteiger partial charge in [-0.1, -0.05) is 18.2 Å². The number of hydrogen-bond acceptors (Lipinski definition) is 5. The predicted molar refractivity (Wildman–Crippen MR) is 104 cm³/mol. The van der Waals surface area contributed by atoms with Crippen molar-refractivity contribution in [1.29, 1.82) is 0 Å². The van der Waals surface area contributed by atoms with Crippen LogP contribution in [0.15, 0.2) is 41.0 Å². The Balaban J connectivity index is 1.20. The van der Waals surface area contributed by atoms with Crippen molar-refractivity contribution in [3.8, 4) is 0 Å². The molecule has 144 valence electrons. The standard InChI is InChI=1S/C21H27N3O3/c25-21(18-14-19(27-16-18)15-23-10-12-26-13-11-23)22-7-3-8-24-9-6-17-4-1-2-5-20(17)24/h1-2,4-5,14,16H,3,6-13,15H2,(H,22,25). The van der Waals surface area contributed by atoms with Gasteiger partial charge in [0.05, 0.1) is 25.3 Å². The van der Waals surface area contributed by atoms with Crippen LogP contribution in [-0.4, -0.2) is 56.7 Å². The number of hydrogen-bond donors (Lipinski definition) is 1. The number of amides is 1. The number of anilines is 1.